The van der Waals surface area contributed by atoms with Crippen molar-refractivity contribution >= 4 is 5.91 Å². The van der Waals surface area contributed by atoms with Gasteiger partial charge in [0, 0.05) is 19.5 Å². The zero-order chi connectivity index (χ0) is 13.0. The Balaban J connectivity index is 1.70. The van der Waals surface area contributed by atoms with E-state index in [2.05, 4.69) is 5.32 Å². The first-order chi connectivity index (χ1) is 8.66. The summed E-state index contributed by atoms with van der Waals surface area (Å²) in [5.41, 5.74) is 0. The van der Waals surface area contributed by atoms with Crippen molar-refractivity contribution in [2.45, 2.75) is 45.1 Å². The van der Waals surface area contributed by atoms with Crippen molar-refractivity contribution in [3.8, 4) is 0 Å². The van der Waals surface area contributed by atoms with E-state index < -0.39 is 0 Å². The minimum Gasteiger partial charge on any atom is -0.393 e. The lowest BCUT2D eigenvalue weighted by Gasteiger charge is -2.34. The van der Waals surface area contributed by atoms with Crippen LogP contribution in [0.3, 0.4) is 0 Å². The van der Waals surface area contributed by atoms with E-state index in [1.54, 1.807) is 0 Å². The first kappa shape index (κ1) is 13.8. The molecule has 2 saturated heterocycles. The number of nitrogens with one attached hydrogen (secondary N) is 1. The van der Waals surface area contributed by atoms with Crippen molar-refractivity contribution in [1.82, 2.24) is 10.2 Å². The van der Waals surface area contributed by atoms with Gasteiger partial charge in [-0.15, -0.1) is 0 Å². The molecule has 0 spiro atoms. The Morgan fingerprint density at radius 1 is 1.44 bits per heavy atom. The number of rotatable bonds is 3. The molecular weight excluding hydrogens is 228 g/mol. The maximum Gasteiger partial charge on any atom is 0.222 e. The molecule has 0 aromatic carbocycles. The molecule has 0 bridgehead atoms. The SMILES string of the molecule is CC1CN(C(=O)CCC2CCCNC2)CCC1O. The highest BCUT2D eigenvalue weighted by Crippen LogP contribution is 2.20. The van der Waals surface area contributed by atoms with Crippen LogP contribution in [0.5, 0.6) is 0 Å². The normalized spacial score (nSPS) is 33.4. The predicted molar refractivity (Wildman–Crippen MR) is 71.2 cm³/mol. The summed E-state index contributed by atoms with van der Waals surface area (Å²) in [5.74, 6) is 1.17. The van der Waals surface area contributed by atoms with Gasteiger partial charge in [-0.2, -0.15) is 0 Å². The molecule has 0 saturated carbocycles. The van der Waals surface area contributed by atoms with Gasteiger partial charge >= 0.3 is 0 Å². The zero-order valence-electron chi connectivity index (χ0n) is 11.4. The monoisotopic (exact) mass is 254 g/mol. The maximum absolute atomic E-state index is 12.1. The van der Waals surface area contributed by atoms with Crippen LogP contribution < -0.4 is 5.32 Å². The van der Waals surface area contributed by atoms with Crippen LogP contribution in [0.25, 0.3) is 0 Å². The van der Waals surface area contributed by atoms with Gasteiger partial charge in [0.1, 0.15) is 0 Å². The van der Waals surface area contributed by atoms with Crippen LogP contribution in [0, 0.1) is 11.8 Å². The second kappa shape index (κ2) is 6.53. The molecule has 18 heavy (non-hydrogen) atoms. The lowest BCUT2D eigenvalue weighted by atomic mass is 9.93. The van der Waals surface area contributed by atoms with Crippen molar-refractivity contribution in [2.75, 3.05) is 26.2 Å². The smallest absolute Gasteiger partial charge is 0.222 e. The van der Waals surface area contributed by atoms with Crippen molar-refractivity contribution in [3.63, 3.8) is 0 Å². The van der Waals surface area contributed by atoms with E-state index in [1.807, 2.05) is 11.8 Å². The number of amides is 1. The van der Waals surface area contributed by atoms with Crippen LogP contribution in [0.1, 0.15) is 39.0 Å². The number of aliphatic hydroxyl groups excluding tert-OH is 1. The summed E-state index contributed by atoms with van der Waals surface area (Å²) in [6.45, 7) is 5.68. The lowest BCUT2D eigenvalue weighted by Crippen LogP contribution is -2.45. The third kappa shape index (κ3) is 3.69. The molecule has 104 valence electrons. The molecule has 2 rings (SSSR count). The Kier molecular flexibility index (Phi) is 5.01. The Morgan fingerprint density at radius 3 is 2.94 bits per heavy atom. The van der Waals surface area contributed by atoms with Gasteiger partial charge < -0.3 is 15.3 Å². The van der Waals surface area contributed by atoms with Gasteiger partial charge in [-0.25, -0.2) is 0 Å². The fourth-order valence-corrected chi connectivity index (χ4v) is 3.02. The third-order valence-corrected chi connectivity index (χ3v) is 4.38. The molecule has 3 unspecified atom stereocenters. The number of piperidine rings is 2. The van der Waals surface area contributed by atoms with Gasteiger partial charge in [-0.1, -0.05) is 6.92 Å². The first-order valence-electron chi connectivity index (χ1n) is 7.33. The summed E-state index contributed by atoms with van der Waals surface area (Å²) in [7, 11) is 0. The van der Waals surface area contributed by atoms with Crippen LogP contribution in [-0.4, -0.2) is 48.2 Å². The fraction of sp³-hybridized carbons (Fsp3) is 0.929. The molecule has 3 atom stereocenters. The summed E-state index contributed by atoms with van der Waals surface area (Å²) in [6.07, 6.45) is 4.70. The van der Waals surface area contributed by atoms with E-state index in [0.717, 1.165) is 39.0 Å². The molecule has 2 aliphatic heterocycles. The summed E-state index contributed by atoms with van der Waals surface area (Å²) >= 11 is 0. The maximum atomic E-state index is 12.1. The molecule has 2 aliphatic rings. The number of likely N-dealkylation sites (tertiary alicyclic amines) is 1. The number of hydrogen-bond donors (Lipinski definition) is 2. The molecule has 2 heterocycles. The van der Waals surface area contributed by atoms with Crippen LogP contribution in [0.4, 0.5) is 0 Å². The van der Waals surface area contributed by atoms with Gasteiger partial charge in [0.2, 0.25) is 5.91 Å². The quantitative estimate of drug-likeness (QED) is 0.790. The Hall–Kier alpha value is -0.610. The first-order valence-corrected chi connectivity index (χ1v) is 7.33. The van der Waals surface area contributed by atoms with Crippen molar-refractivity contribution < 1.29 is 9.90 Å². The third-order valence-electron chi connectivity index (χ3n) is 4.38. The summed E-state index contributed by atoms with van der Waals surface area (Å²) in [5, 5.41) is 13.1. The van der Waals surface area contributed by atoms with Crippen LogP contribution in [0.15, 0.2) is 0 Å². The molecule has 1 amide bonds. The minimum absolute atomic E-state index is 0.221. The highest BCUT2D eigenvalue weighted by molar-refractivity contribution is 5.76. The molecule has 0 aliphatic carbocycles. The summed E-state index contributed by atoms with van der Waals surface area (Å²) in [6, 6.07) is 0. The van der Waals surface area contributed by atoms with E-state index in [9.17, 15) is 9.90 Å². The minimum atomic E-state index is -0.225. The Bertz CT molecular complexity index is 277. The van der Waals surface area contributed by atoms with E-state index in [-0.39, 0.29) is 17.9 Å². The van der Waals surface area contributed by atoms with Crippen LogP contribution >= 0.6 is 0 Å². The van der Waals surface area contributed by atoms with Gasteiger partial charge in [-0.3, -0.25) is 4.79 Å². The molecule has 4 nitrogen and oxygen atoms in total. The highest BCUT2D eigenvalue weighted by Gasteiger charge is 2.27. The van der Waals surface area contributed by atoms with Crippen molar-refractivity contribution in [3.05, 3.63) is 0 Å². The predicted octanol–water partition coefficient (Wildman–Crippen LogP) is 0.995. The molecule has 0 aromatic heterocycles. The van der Waals surface area contributed by atoms with Crippen LogP contribution in [-0.2, 0) is 4.79 Å². The molecule has 4 heteroatoms. The summed E-state index contributed by atoms with van der Waals surface area (Å²) < 4.78 is 0. The molecular formula is C14H26N2O2. The molecule has 2 N–H and O–H groups in total. The average Bonchev–Trinajstić information content (AvgIpc) is 2.40. The Labute approximate surface area is 110 Å². The highest BCUT2D eigenvalue weighted by atomic mass is 16.3. The largest absolute Gasteiger partial charge is 0.393 e. The van der Waals surface area contributed by atoms with E-state index in [1.165, 1.54) is 12.8 Å². The summed E-state index contributed by atoms with van der Waals surface area (Å²) in [4.78, 5) is 14.1. The number of hydrogen-bond acceptors (Lipinski definition) is 3. The zero-order valence-corrected chi connectivity index (χ0v) is 11.4. The van der Waals surface area contributed by atoms with Gasteiger partial charge in [0.05, 0.1) is 6.10 Å². The second-order valence-electron chi connectivity index (χ2n) is 5.92. The number of aliphatic hydroxyl groups is 1. The number of carbonyl (C=O) groups excluding carboxylic acids is 1. The number of carbonyl (C=O) groups is 1. The van der Waals surface area contributed by atoms with Crippen molar-refractivity contribution in [1.29, 1.82) is 0 Å². The van der Waals surface area contributed by atoms with Crippen LogP contribution in [0.2, 0.25) is 0 Å². The van der Waals surface area contributed by atoms with Gasteiger partial charge in [0.25, 0.3) is 0 Å². The lowest BCUT2D eigenvalue weighted by molar-refractivity contribution is -0.135. The van der Waals surface area contributed by atoms with E-state index >= 15 is 0 Å². The molecule has 0 aromatic rings. The standard InChI is InChI=1S/C14H26N2O2/c1-11-10-16(8-6-13(11)17)14(18)5-4-12-3-2-7-15-9-12/h11-13,15,17H,2-10H2,1H3. The van der Waals surface area contributed by atoms with E-state index in [0.29, 0.717) is 12.3 Å². The molecule has 0 radical (unpaired) electrons. The molecule has 2 fully saturated rings. The fourth-order valence-electron chi connectivity index (χ4n) is 3.02. The topological polar surface area (TPSA) is 52.6 Å². The average molecular weight is 254 g/mol. The number of nitrogens with zero attached hydrogens (tertiary/aromatic N) is 1. The van der Waals surface area contributed by atoms with Gasteiger partial charge in [0.15, 0.2) is 0 Å². The van der Waals surface area contributed by atoms with Gasteiger partial charge in [-0.05, 0) is 50.6 Å². The Morgan fingerprint density at radius 2 is 2.28 bits per heavy atom. The van der Waals surface area contributed by atoms with E-state index in [4.69, 9.17) is 0 Å². The van der Waals surface area contributed by atoms with Crippen molar-refractivity contribution in [2.24, 2.45) is 11.8 Å². The second-order valence-corrected chi connectivity index (χ2v) is 5.92.